The van der Waals surface area contributed by atoms with Gasteiger partial charge in [0.25, 0.3) is 0 Å². The Balaban J connectivity index is 2.06. The van der Waals surface area contributed by atoms with Gasteiger partial charge >= 0.3 is 0 Å². The van der Waals surface area contributed by atoms with Crippen molar-refractivity contribution in [3.05, 3.63) is 65.5 Å². The highest BCUT2D eigenvalue weighted by Gasteiger charge is 2.17. The molecule has 106 valence electrons. The summed E-state index contributed by atoms with van der Waals surface area (Å²) in [6.07, 6.45) is -1.02. The Morgan fingerprint density at radius 3 is 2.50 bits per heavy atom. The highest BCUT2D eigenvalue weighted by molar-refractivity contribution is 5.31. The Bertz CT molecular complexity index is 558. The van der Waals surface area contributed by atoms with Gasteiger partial charge < -0.3 is 15.6 Å². The molecule has 2 aromatic rings. The molecule has 0 aromatic heterocycles. The maximum Gasteiger partial charge on any atom is 0.132 e. The Hall–Kier alpha value is -1.91. The molecular formula is C16H18FNO2. The van der Waals surface area contributed by atoms with Crippen LogP contribution in [0.3, 0.4) is 0 Å². The summed E-state index contributed by atoms with van der Waals surface area (Å²) in [7, 11) is 0. The lowest BCUT2D eigenvalue weighted by Gasteiger charge is -2.16. The van der Waals surface area contributed by atoms with Crippen LogP contribution in [-0.4, -0.2) is 11.1 Å². The van der Waals surface area contributed by atoms with Crippen LogP contribution in [0.2, 0.25) is 0 Å². The molecule has 3 nitrogen and oxygen atoms in total. The fourth-order valence-corrected chi connectivity index (χ4v) is 1.86. The van der Waals surface area contributed by atoms with E-state index in [0.29, 0.717) is 12.4 Å². The van der Waals surface area contributed by atoms with E-state index >= 15 is 0 Å². The van der Waals surface area contributed by atoms with Gasteiger partial charge in [-0.25, -0.2) is 4.39 Å². The van der Waals surface area contributed by atoms with E-state index in [2.05, 4.69) is 0 Å². The number of benzene rings is 2. The first-order valence-electron chi connectivity index (χ1n) is 6.47. The van der Waals surface area contributed by atoms with Crippen molar-refractivity contribution in [2.24, 2.45) is 5.73 Å². The van der Waals surface area contributed by atoms with Crippen molar-refractivity contribution < 1.29 is 14.2 Å². The molecule has 0 aliphatic heterocycles. The predicted octanol–water partition coefficient (Wildman–Crippen LogP) is 2.79. The molecule has 0 bridgehead atoms. The van der Waals surface area contributed by atoms with Gasteiger partial charge in [0.05, 0.1) is 6.10 Å². The number of hydrogen-bond acceptors (Lipinski definition) is 3. The summed E-state index contributed by atoms with van der Waals surface area (Å²) in [6, 6.07) is 13.5. The summed E-state index contributed by atoms with van der Waals surface area (Å²) in [5.41, 5.74) is 6.76. The Kier molecular flexibility index (Phi) is 4.71. The topological polar surface area (TPSA) is 55.5 Å². The van der Waals surface area contributed by atoms with Crippen molar-refractivity contribution in [3.63, 3.8) is 0 Å². The van der Waals surface area contributed by atoms with Gasteiger partial charge in [-0.05, 0) is 24.6 Å². The highest BCUT2D eigenvalue weighted by atomic mass is 19.1. The molecule has 0 heterocycles. The summed E-state index contributed by atoms with van der Waals surface area (Å²) in [5.74, 6) is -0.0904. The minimum absolute atomic E-state index is 0.187. The molecule has 2 aromatic carbocycles. The lowest BCUT2D eigenvalue weighted by Crippen LogP contribution is -2.25. The third-order valence-corrected chi connectivity index (χ3v) is 3.04. The molecule has 0 fully saturated rings. The molecule has 0 aliphatic rings. The molecule has 0 saturated heterocycles. The summed E-state index contributed by atoms with van der Waals surface area (Å²) in [6.45, 7) is 2.00. The SMILES string of the molecule is C[C@@H](N)[C@@H](O)c1ccc(OCc2ccccc2)cc1F. The molecule has 4 heteroatoms. The lowest BCUT2D eigenvalue weighted by molar-refractivity contribution is 0.148. The van der Waals surface area contributed by atoms with Gasteiger partial charge in [0, 0.05) is 17.7 Å². The van der Waals surface area contributed by atoms with E-state index in [1.165, 1.54) is 12.1 Å². The van der Waals surface area contributed by atoms with Crippen LogP contribution in [0.4, 0.5) is 4.39 Å². The van der Waals surface area contributed by atoms with Crippen molar-refractivity contribution in [2.75, 3.05) is 0 Å². The van der Waals surface area contributed by atoms with Gasteiger partial charge in [0.1, 0.15) is 18.2 Å². The quantitative estimate of drug-likeness (QED) is 0.882. The Labute approximate surface area is 117 Å². The number of ether oxygens (including phenoxy) is 1. The van der Waals surface area contributed by atoms with Crippen molar-refractivity contribution >= 4 is 0 Å². The van der Waals surface area contributed by atoms with Crippen LogP contribution in [-0.2, 0) is 6.61 Å². The first kappa shape index (κ1) is 14.5. The smallest absolute Gasteiger partial charge is 0.132 e. The maximum absolute atomic E-state index is 13.9. The Morgan fingerprint density at radius 2 is 1.90 bits per heavy atom. The summed E-state index contributed by atoms with van der Waals surface area (Å²) < 4.78 is 19.4. The number of rotatable bonds is 5. The normalized spacial score (nSPS) is 13.8. The molecule has 3 N–H and O–H groups in total. The zero-order valence-electron chi connectivity index (χ0n) is 11.3. The predicted molar refractivity (Wildman–Crippen MR) is 75.8 cm³/mol. The van der Waals surface area contributed by atoms with Crippen molar-refractivity contribution in [1.29, 1.82) is 0 Å². The number of halogens is 1. The van der Waals surface area contributed by atoms with E-state index in [1.54, 1.807) is 13.0 Å². The van der Waals surface area contributed by atoms with Gasteiger partial charge in [-0.2, -0.15) is 0 Å². The van der Waals surface area contributed by atoms with Gasteiger partial charge in [0.15, 0.2) is 0 Å². The van der Waals surface area contributed by atoms with Crippen LogP contribution >= 0.6 is 0 Å². The molecule has 0 spiro atoms. The number of aliphatic hydroxyl groups is 1. The average Bonchev–Trinajstić information content (AvgIpc) is 2.45. The van der Waals surface area contributed by atoms with Crippen LogP contribution in [0.25, 0.3) is 0 Å². The Morgan fingerprint density at radius 1 is 1.20 bits per heavy atom. The van der Waals surface area contributed by atoms with Crippen LogP contribution in [0, 0.1) is 5.82 Å². The van der Waals surface area contributed by atoms with Gasteiger partial charge in [0.2, 0.25) is 0 Å². The van der Waals surface area contributed by atoms with E-state index in [4.69, 9.17) is 10.5 Å². The summed E-state index contributed by atoms with van der Waals surface area (Å²) >= 11 is 0. The molecular weight excluding hydrogens is 257 g/mol. The maximum atomic E-state index is 13.9. The molecule has 0 radical (unpaired) electrons. The largest absolute Gasteiger partial charge is 0.489 e. The third kappa shape index (κ3) is 3.56. The standard InChI is InChI=1S/C16H18FNO2/c1-11(18)16(19)14-8-7-13(9-15(14)17)20-10-12-5-3-2-4-6-12/h2-9,11,16,19H,10,18H2,1H3/t11-,16-/m1/s1. The van der Waals surface area contributed by atoms with Crippen LogP contribution < -0.4 is 10.5 Å². The first-order chi connectivity index (χ1) is 9.58. The fourth-order valence-electron chi connectivity index (χ4n) is 1.86. The van der Waals surface area contributed by atoms with Gasteiger partial charge in [-0.1, -0.05) is 30.3 Å². The van der Waals surface area contributed by atoms with Gasteiger partial charge in [-0.3, -0.25) is 0 Å². The fraction of sp³-hybridized carbons (Fsp3) is 0.250. The lowest BCUT2D eigenvalue weighted by atomic mass is 10.0. The molecule has 0 amide bonds. The summed E-state index contributed by atoms with van der Waals surface area (Å²) in [5, 5.41) is 9.77. The molecule has 0 aliphatic carbocycles. The molecule has 0 saturated carbocycles. The second-order valence-corrected chi connectivity index (χ2v) is 4.76. The van der Waals surface area contributed by atoms with Crippen molar-refractivity contribution in [3.8, 4) is 5.75 Å². The van der Waals surface area contributed by atoms with E-state index in [9.17, 15) is 9.50 Å². The summed E-state index contributed by atoms with van der Waals surface area (Å²) in [4.78, 5) is 0. The molecule has 2 atom stereocenters. The van der Waals surface area contributed by atoms with Crippen LogP contribution in [0.5, 0.6) is 5.75 Å². The average molecular weight is 275 g/mol. The third-order valence-electron chi connectivity index (χ3n) is 3.04. The van der Waals surface area contributed by atoms with E-state index < -0.39 is 18.0 Å². The second-order valence-electron chi connectivity index (χ2n) is 4.76. The number of aliphatic hydroxyl groups excluding tert-OH is 1. The minimum Gasteiger partial charge on any atom is -0.489 e. The second kappa shape index (κ2) is 6.50. The van der Waals surface area contributed by atoms with Crippen LogP contribution in [0.15, 0.2) is 48.5 Å². The van der Waals surface area contributed by atoms with E-state index in [1.807, 2.05) is 30.3 Å². The minimum atomic E-state index is -1.02. The zero-order valence-corrected chi connectivity index (χ0v) is 11.3. The number of nitrogens with two attached hydrogens (primary N) is 1. The molecule has 2 rings (SSSR count). The van der Waals surface area contributed by atoms with Crippen molar-refractivity contribution in [1.82, 2.24) is 0 Å². The van der Waals surface area contributed by atoms with Crippen molar-refractivity contribution in [2.45, 2.75) is 25.7 Å². The highest BCUT2D eigenvalue weighted by Crippen LogP contribution is 2.24. The molecule has 0 unspecified atom stereocenters. The zero-order chi connectivity index (χ0) is 14.5. The number of hydrogen-bond donors (Lipinski definition) is 2. The molecule has 20 heavy (non-hydrogen) atoms. The first-order valence-corrected chi connectivity index (χ1v) is 6.47. The van der Waals surface area contributed by atoms with E-state index in [0.717, 1.165) is 5.56 Å². The van der Waals surface area contributed by atoms with Crippen LogP contribution in [0.1, 0.15) is 24.2 Å². The monoisotopic (exact) mass is 275 g/mol. The van der Waals surface area contributed by atoms with E-state index in [-0.39, 0.29) is 5.56 Å². The van der Waals surface area contributed by atoms with Gasteiger partial charge in [-0.15, -0.1) is 0 Å².